The Balaban J connectivity index is 1.75. The van der Waals surface area contributed by atoms with E-state index in [1.54, 1.807) is 41.8 Å². The van der Waals surface area contributed by atoms with E-state index in [-0.39, 0.29) is 12.5 Å². The van der Waals surface area contributed by atoms with Crippen LogP contribution in [0.15, 0.2) is 41.5 Å². The summed E-state index contributed by atoms with van der Waals surface area (Å²) in [4.78, 5) is 13.9. The van der Waals surface area contributed by atoms with Crippen LogP contribution in [0.3, 0.4) is 0 Å². The van der Waals surface area contributed by atoms with Gasteiger partial charge in [-0.3, -0.25) is 4.79 Å². The molecule has 0 bridgehead atoms. The molecule has 0 radical (unpaired) electrons. The summed E-state index contributed by atoms with van der Waals surface area (Å²) in [5.74, 6) is 0.276. The fourth-order valence-electron chi connectivity index (χ4n) is 1.53. The quantitative estimate of drug-likeness (QED) is 0.653. The fourth-order valence-corrected chi connectivity index (χ4v) is 2.48. The Morgan fingerprint density at radius 2 is 2.10 bits per heavy atom. The van der Waals surface area contributed by atoms with Gasteiger partial charge in [0.05, 0.1) is 6.21 Å². The second kappa shape index (κ2) is 7.81. The van der Waals surface area contributed by atoms with Crippen molar-refractivity contribution in [2.75, 3.05) is 6.61 Å². The van der Waals surface area contributed by atoms with E-state index in [1.165, 1.54) is 4.88 Å². The van der Waals surface area contributed by atoms with Crippen LogP contribution in [0.2, 0.25) is 5.02 Å². The maximum atomic E-state index is 11.6. The molecule has 1 N–H and O–H groups in total. The molecule has 4 nitrogen and oxygen atoms in total. The molecule has 0 aliphatic rings. The largest absolute Gasteiger partial charge is 0.484 e. The van der Waals surface area contributed by atoms with Crippen molar-refractivity contribution in [1.82, 2.24) is 5.43 Å². The highest BCUT2D eigenvalue weighted by Crippen LogP contribution is 2.15. The van der Waals surface area contributed by atoms with E-state index in [0.717, 1.165) is 11.3 Å². The number of ether oxygens (including phenoxy) is 1. The third kappa shape index (κ3) is 5.21. The van der Waals surface area contributed by atoms with Crippen LogP contribution in [0.5, 0.6) is 5.75 Å². The minimum Gasteiger partial charge on any atom is -0.484 e. The van der Waals surface area contributed by atoms with Gasteiger partial charge in [0.15, 0.2) is 6.61 Å². The number of carbonyl (C=O) groups excluding carboxylic acids is 1. The Labute approximate surface area is 132 Å². The van der Waals surface area contributed by atoms with E-state index in [1.807, 2.05) is 6.07 Å². The molecule has 2 aromatic rings. The molecule has 0 aliphatic carbocycles. The van der Waals surface area contributed by atoms with Crippen molar-refractivity contribution in [2.45, 2.75) is 13.3 Å². The van der Waals surface area contributed by atoms with E-state index in [0.29, 0.717) is 10.8 Å². The van der Waals surface area contributed by atoms with Crippen molar-refractivity contribution < 1.29 is 9.53 Å². The summed E-state index contributed by atoms with van der Waals surface area (Å²) >= 11 is 7.41. The average Bonchev–Trinajstić information content (AvgIpc) is 2.95. The highest BCUT2D eigenvalue weighted by atomic mass is 35.5. The number of hydrazone groups is 1. The van der Waals surface area contributed by atoms with Crippen molar-refractivity contribution in [3.63, 3.8) is 0 Å². The van der Waals surface area contributed by atoms with E-state index in [9.17, 15) is 4.79 Å². The predicted octanol–water partition coefficient (Wildman–Crippen LogP) is 3.49. The third-order valence-electron chi connectivity index (χ3n) is 2.60. The second-order valence-electron chi connectivity index (χ2n) is 4.19. The highest BCUT2D eigenvalue weighted by molar-refractivity contribution is 7.13. The van der Waals surface area contributed by atoms with Crippen molar-refractivity contribution in [3.05, 3.63) is 51.2 Å². The van der Waals surface area contributed by atoms with Gasteiger partial charge in [0.2, 0.25) is 0 Å². The molecule has 0 saturated carbocycles. The Bertz CT molecular complexity index is 623. The highest BCUT2D eigenvalue weighted by Gasteiger charge is 2.01. The molecule has 0 fully saturated rings. The number of aryl methyl sites for hydroxylation is 1. The van der Waals surface area contributed by atoms with Crippen LogP contribution in [-0.4, -0.2) is 18.7 Å². The van der Waals surface area contributed by atoms with E-state index in [4.69, 9.17) is 16.3 Å². The number of thiophene rings is 1. The van der Waals surface area contributed by atoms with Gasteiger partial charge in [-0.05, 0) is 42.8 Å². The van der Waals surface area contributed by atoms with Gasteiger partial charge in [-0.15, -0.1) is 11.3 Å². The van der Waals surface area contributed by atoms with Crippen molar-refractivity contribution in [1.29, 1.82) is 0 Å². The van der Waals surface area contributed by atoms with Gasteiger partial charge in [0.25, 0.3) is 5.91 Å². The second-order valence-corrected chi connectivity index (χ2v) is 5.83. The zero-order valence-electron chi connectivity index (χ0n) is 11.5. The van der Waals surface area contributed by atoms with E-state index < -0.39 is 0 Å². The van der Waals surface area contributed by atoms with Gasteiger partial charge in [0, 0.05) is 14.8 Å². The molecule has 0 aliphatic heterocycles. The first-order valence-corrected chi connectivity index (χ1v) is 7.66. The molecular weight excluding hydrogens is 308 g/mol. The Morgan fingerprint density at radius 1 is 1.33 bits per heavy atom. The van der Waals surface area contributed by atoms with Gasteiger partial charge in [-0.25, -0.2) is 5.43 Å². The summed E-state index contributed by atoms with van der Waals surface area (Å²) < 4.78 is 5.31. The van der Waals surface area contributed by atoms with E-state index >= 15 is 0 Å². The molecule has 21 heavy (non-hydrogen) atoms. The predicted molar refractivity (Wildman–Crippen MR) is 86.4 cm³/mol. The summed E-state index contributed by atoms with van der Waals surface area (Å²) in [5, 5.41) is 4.52. The van der Waals surface area contributed by atoms with Crippen LogP contribution in [0.4, 0.5) is 0 Å². The zero-order valence-corrected chi connectivity index (χ0v) is 13.1. The van der Waals surface area contributed by atoms with Crippen LogP contribution in [-0.2, 0) is 11.2 Å². The summed E-state index contributed by atoms with van der Waals surface area (Å²) in [6.07, 6.45) is 2.63. The molecule has 0 atom stereocenters. The number of nitrogens with one attached hydrogen (secondary N) is 1. The van der Waals surface area contributed by atoms with Gasteiger partial charge < -0.3 is 4.74 Å². The molecule has 110 valence electrons. The first kappa shape index (κ1) is 15.5. The summed E-state index contributed by atoms with van der Waals surface area (Å²) in [6.45, 7) is 2.01. The molecular formula is C15H15ClN2O2S. The topological polar surface area (TPSA) is 50.7 Å². The van der Waals surface area contributed by atoms with Crippen molar-refractivity contribution in [3.8, 4) is 5.75 Å². The lowest BCUT2D eigenvalue weighted by atomic mass is 10.3. The molecule has 2 rings (SSSR count). The summed E-state index contributed by atoms with van der Waals surface area (Å²) in [5.41, 5.74) is 2.43. The number of nitrogens with zero attached hydrogens (tertiary/aromatic N) is 1. The first-order chi connectivity index (χ1) is 10.2. The van der Waals surface area contributed by atoms with Gasteiger partial charge in [-0.1, -0.05) is 18.5 Å². The zero-order chi connectivity index (χ0) is 15.1. The molecule has 6 heteroatoms. The van der Waals surface area contributed by atoms with E-state index in [2.05, 4.69) is 23.5 Å². The molecule has 1 heterocycles. The van der Waals surface area contributed by atoms with Crippen molar-refractivity contribution in [2.24, 2.45) is 5.10 Å². The number of carbonyl (C=O) groups is 1. The van der Waals surface area contributed by atoms with Crippen LogP contribution in [0, 0.1) is 0 Å². The standard InChI is InChI=1S/C15H15ClN2O2S/c1-2-13-7-8-14(21-13)9-17-18-15(19)10-20-12-5-3-11(16)4-6-12/h3-9H,2,10H2,1H3,(H,18,19)/b17-9-. The van der Waals surface area contributed by atoms with Crippen LogP contribution in [0.1, 0.15) is 16.7 Å². The normalized spacial score (nSPS) is 10.8. The maximum Gasteiger partial charge on any atom is 0.277 e. The number of benzene rings is 1. The lowest BCUT2D eigenvalue weighted by Crippen LogP contribution is -2.24. The number of hydrogen-bond acceptors (Lipinski definition) is 4. The monoisotopic (exact) mass is 322 g/mol. The minimum absolute atomic E-state index is 0.0936. The SMILES string of the molecule is CCc1ccc(/C=N\NC(=O)COc2ccc(Cl)cc2)s1. The third-order valence-corrected chi connectivity index (χ3v) is 4.01. The lowest BCUT2D eigenvalue weighted by Gasteiger charge is -2.04. The Kier molecular flexibility index (Phi) is 5.78. The Morgan fingerprint density at radius 3 is 2.76 bits per heavy atom. The molecule has 1 aromatic heterocycles. The number of hydrogen-bond donors (Lipinski definition) is 1. The van der Waals surface area contributed by atoms with Crippen molar-refractivity contribution >= 4 is 35.1 Å². The lowest BCUT2D eigenvalue weighted by molar-refractivity contribution is -0.123. The van der Waals surface area contributed by atoms with Crippen LogP contribution in [0.25, 0.3) is 0 Å². The Hall–Kier alpha value is -1.85. The van der Waals surface area contributed by atoms with Crippen LogP contribution >= 0.6 is 22.9 Å². The molecule has 0 saturated heterocycles. The number of amides is 1. The molecule has 1 amide bonds. The number of halogens is 1. The van der Waals surface area contributed by atoms with Gasteiger partial charge >= 0.3 is 0 Å². The van der Waals surface area contributed by atoms with Gasteiger partial charge in [-0.2, -0.15) is 5.10 Å². The molecule has 0 spiro atoms. The maximum absolute atomic E-state index is 11.6. The van der Waals surface area contributed by atoms with Gasteiger partial charge in [0.1, 0.15) is 5.75 Å². The first-order valence-electron chi connectivity index (χ1n) is 6.46. The summed E-state index contributed by atoms with van der Waals surface area (Å²) in [7, 11) is 0. The van der Waals surface area contributed by atoms with Crippen LogP contribution < -0.4 is 10.2 Å². The molecule has 1 aromatic carbocycles. The average molecular weight is 323 g/mol. The number of rotatable bonds is 6. The minimum atomic E-state index is -0.312. The smallest absolute Gasteiger partial charge is 0.277 e. The molecule has 0 unspecified atom stereocenters. The fraction of sp³-hybridized carbons (Fsp3) is 0.200. The summed E-state index contributed by atoms with van der Waals surface area (Å²) in [6, 6.07) is 10.8.